The van der Waals surface area contributed by atoms with Crippen LogP contribution in [0.1, 0.15) is 20.8 Å². The SMILES string of the molecule is CC(C)CSc1nnc(S[C@@H](C)C(=O)N2CCN(c3ccccc3)CC2)s1. The van der Waals surface area contributed by atoms with E-state index in [1.807, 2.05) is 17.9 Å². The van der Waals surface area contributed by atoms with Gasteiger partial charge in [0.25, 0.3) is 0 Å². The van der Waals surface area contributed by atoms with Gasteiger partial charge in [-0.15, -0.1) is 10.2 Å². The normalized spacial score (nSPS) is 16.0. The Labute approximate surface area is 173 Å². The lowest BCUT2D eigenvalue weighted by atomic mass is 10.2. The molecule has 1 aliphatic rings. The average Bonchev–Trinajstić information content (AvgIpc) is 3.14. The number of hydrogen-bond donors (Lipinski definition) is 0. The van der Waals surface area contributed by atoms with Crippen LogP contribution in [0.5, 0.6) is 0 Å². The summed E-state index contributed by atoms with van der Waals surface area (Å²) in [5.74, 6) is 1.86. The molecule has 0 saturated carbocycles. The van der Waals surface area contributed by atoms with Crippen LogP contribution in [0.2, 0.25) is 0 Å². The number of carbonyl (C=O) groups excluding carboxylic acids is 1. The lowest BCUT2D eigenvalue weighted by Crippen LogP contribution is -2.50. The van der Waals surface area contributed by atoms with E-state index < -0.39 is 0 Å². The lowest BCUT2D eigenvalue weighted by molar-refractivity contribution is -0.130. The number of para-hydroxylation sites is 1. The summed E-state index contributed by atoms with van der Waals surface area (Å²) >= 11 is 4.86. The van der Waals surface area contributed by atoms with Gasteiger partial charge in [0.1, 0.15) is 0 Å². The summed E-state index contributed by atoms with van der Waals surface area (Å²) in [6.07, 6.45) is 0. The van der Waals surface area contributed by atoms with Crippen LogP contribution in [0.3, 0.4) is 0 Å². The Morgan fingerprint density at radius 1 is 1.07 bits per heavy atom. The van der Waals surface area contributed by atoms with E-state index in [-0.39, 0.29) is 11.2 Å². The fourth-order valence-corrected chi connectivity index (χ4v) is 6.05. The van der Waals surface area contributed by atoms with Crippen LogP contribution in [-0.4, -0.2) is 58.2 Å². The molecule has 1 aromatic heterocycles. The molecule has 2 aromatic rings. The van der Waals surface area contributed by atoms with Crippen molar-refractivity contribution < 1.29 is 4.79 Å². The van der Waals surface area contributed by atoms with E-state index in [4.69, 9.17) is 0 Å². The number of hydrogen-bond acceptors (Lipinski definition) is 7. The van der Waals surface area contributed by atoms with Gasteiger partial charge in [0.2, 0.25) is 5.91 Å². The summed E-state index contributed by atoms with van der Waals surface area (Å²) in [7, 11) is 0. The minimum Gasteiger partial charge on any atom is -0.368 e. The number of benzene rings is 1. The number of amides is 1. The van der Waals surface area contributed by atoms with E-state index in [0.717, 1.165) is 40.6 Å². The summed E-state index contributed by atoms with van der Waals surface area (Å²) in [6.45, 7) is 9.65. The van der Waals surface area contributed by atoms with Crippen molar-refractivity contribution in [1.82, 2.24) is 15.1 Å². The Hall–Kier alpha value is -1.25. The predicted molar refractivity (Wildman–Crippen MR) is 116 cm³/mol. The van der Waals surface area contributed by atoms with E-state index in [1.165, 1.54) is 17.4 Å². The highest BCUT2D eigenvalue weighted by atomic mass is 32.2. The molecule has 2 heterocycles. The minimum absolute atomic E-state index is 0.135. The number of carbonyl (C=O) groups is 1. The molecule has 5 nitrogen and oxygen atoms in total. The maximum atomic E-state index is 12.8. The van der Waals surface area contributed by atoms with Crippen molar-refractivity contribution in [3.8, 4) is 0 Å². The number of anilines is 1. The zero-order chi connectivity index (χ0) is 19.2. The molecule has 3 rings (SSSR count). The first-order chi connectivity index (χ1) is 13.0. The number of thioether (sulfide) groups is 2. The smallest absolute Gasteiger partial charge is 0.235 e. The largest absolute Gasteiger partial charge is 0.368 e. The Balaban J connectivity index is 1.48. The lowest BCUT2D eigenvalue weighted by Gasteiger charge is -2.37. The van der Waals surface area contributed by atoms with Crippen LogP contribution in [0.4, 0.5) is 5.69 Å². The van der Waals surface area contributed by atoms with Crippen molar-refractivity contribution in [3.63, 3.8) is 0 Å². The molecule has 27 heavy (non-hydrogen) atoms. The van der Waals surface area contributed by atoms with Crippen LogP contribution in [-0.2, 0) is 4.79 Å². The van der Waals surface area contributed by atoms with Gasteiger partial charge in [-0.25, -0.2) is 0 Å². The molecule has 0 spiro atoms. The van der Waals surface area contributed by atoms with Crippen LogP contribution < -0.4 is 4.90 Å². The van der Waals surface area contributed by atoms with Crippen molar-refractivity contribution in [1.29, 1.82) is 0 Å². The third-order valence-corrected chi connectivity index (χ3v) is 7.92. The molecular weight excluding hydrogens is 396 g/mol. The molecule has 1 saturated heterocycles. The Morgan fingerprint density at radius 2 is 1.74 bits per heavy atom. The molecule has 0 bridgehead atoms. The Bertz CT molecular complexity index is 730. The van der Waals surface area contributed by atoms with Crippen LogP contribution in [0, 0.1) is 5.92 Å². The van der Waals surface area contributed by atoms with Crippen molar-refractivity contribution in [2.45, 2.75) is 34.7 Å². The van der Waals surface area contributed by atoms with Gasteiger partial charge in [-0.2, -0.15) is 0 Å². The molecule has 1 amide bonds. The molecule has 0 unspecified atom stereocenters. The van der Waals surface area contributed by atoms with Crippen molar-refractivity contribution in [3.05, 3.63) is 30.3 Å². The first-order valence-corrected chi connectivity index (χ1v) is 11.9. The van der Waals surface area contributed by atoms with Crippen LogP contribution >= 0.6 is 34.9 Å². The van der Waals surface area contributed by atoms with Gasteiger partial charge in [-0.05, 0) is 25.0 Å². The van der Waals surface area contributed by atoms with E-state index in [2.05, 4.69) is 53.2 Å². The number of rotatable bonds is 7. The second-order valence-corrected chi connectivity index (χ2v) is 10.8. The van der Waals surface area contributed by atoms with E-state index >= 15 is 0 Å². The first-order valence-electron chi connectivity index (χ1n) is 9.24. The topological polar surface area (TPSA) is 49.3 Å². The minimum atomic E-state index is -0.135. The molecule has 1 aliphatic heterocycles. The van der Waals surface area contributed by atoms with Gasteiger partial charge in [0, 0.05) is 37.6 Å². The zero-order valence-electron chi connectivity index (χ0n) is 16.0. The standard InChI is InChI=1S/C19H26N4OS3/c1-14(2)13-25-18-20-21-19(27-18)26-15(3)17(24)23-11-9-22(10-12-23)16-7-5-4-6-8-16/h4-8,14-15H,9-13H2,1-3H3/t15-/m0/s1. The molecule has 1 fully saturated rings. The fourth-order valence-electron chi connectivity index (χ4n) is 2.82. The number of piperazine rings is 1. The maximum absolute atomic E-state index is 12.8. The summed E-state index contributed by atoms with van der Waals surface area (Å²) < 4.78 is 1.87. The van der Waals surface area contributed by atoms with Crippen molar-refractivity contribution in [2.24, 2.45) is 5.92 Å². The third-order valence-electron chi connectivity index (χ3n) is 4.27. The highest BCUT2D eigenvalue weighted by Crippen LogP contribution is 2.32. The highest BCUT2D eigenvalue weighted by Gasteiger charge is 2.26. The van der Waals surface area contributed by atoms with E-state index in [1.54, 1.807) is 23.1 Å². The second kappa shape index (κ2) is 9.80. The van der Waals surface area contributed by atoms with Gasteiger partial charge in [-0.1, -0.05) is 66.9 Å². The highest BCUT2D eigenvalue weighted by molar-refractivity contribution is 8.03. The summed E-state index contributed by atoms with van der Waals surface area (Å²) in [6, 6.07) is 10.4. The number of aromatic nitrogens is 2. The Morgan fingerprint density at radius 3 is 2.41 bits per heavy atom. The summed E-state index contributed by atoms with van der Waals surface area (Å²) in [4.78, 5) is 17.1. The van der Waals surface area contributed by atoms with E-state index in [0.29, 0.717) is 5.92 Å². The summed E-state index contributed by atoms with van der Waals surface area (Å²) in [5.41, 5.74) is 1.23. The molecule has 0 N–H and O–H groups in total. The number of nitrogens with zero attached hydrogens (tertiary/aromatic N) is 4. The van der Waals surface area contributed by atoms with Gasteiger partial charge >= 0.3 is 0 Å². The average molecular weight is 423 g/mol. The van der Waals surface area contributed by atoms with E-state index in [9.17, 15) is 4.79 Å². The molecule has 8 heteroatoms. The predicted octanol–water partition coefficient (Wildman–Crippen LogP) is 4.12. The molecule has 0 aliphatic carbocycles. The molecule has 146 valence electrons. The molecular formula is C19H26N4OS3. The van der Waals surface area contributed by atoms with Gasteiger partial charge in [0.15, 0.2) is 8.68 Å². The quantitative estimate of drug-likeness (QED) is 0.626. The first kappa shape index (κ1) is 20.5. The van der Waals surface area contributed by atoms with Gasteiger partial charge in [-0.3, -0.25) is 4.79 Å². The zero-order valence-corrected chi connectivity index (χ0v) is 18.4. The third kappa shape index (κ3) is 5.86. The van der Waals surface area contributed by atoms with Crippen LogP contribution in [0.15, 0.2) is 39.0 Å². The Kier molecular flexibility index (Phi) is 7.43. The second-order valence-electron chi connectivity index (χ2n) is 6.95. The van der Waals surface area contributed by atoms with Gasteiger partial charge < -0.3 is 9.80 Å². The monoisotopic (exact) mass is 422 g/mol. The summed E-state index contributed by atoms with van der Waals surface area (Å²) in [5, 5.41) is 8.35. The maximum Gasteiger partial charge on any atom is 0.235 e. The van der Waals surface area contributed by atoms with Crippen molar-refractivity contribution in [2.75, 3.05) is 36.8 Å². The fraction of sp³-hybridized carbons (Fsp3) is 0.526. The molecule has 0 radical (unpaired) electrons. The van der Waals surface area contributed by atoms with Gasteiger partial charge in [0.05, 0.1) is 5.25 Å². The molecule has 1 aromatic carbocycles. The molecule has 1 atom stereocenters. The van der Waals surface area contributed by atoms with Crippen LogP contribution in [0.25, 0.3) is 0 Å². The van der Waals surface area contributed by atoms with Crippen molar-refractivity contribution >= 4 is 46.5 Å².